The third-order valence-electron chi connectivity index (χ3n) is 4.67. The molecule has 6 nitrogen and oxygen atoms in total. The molecule has 0 atom stereocenters. The van der Waals surface area contributed by atoms with E-state index in [9.17, 15) is 13.2 Å². The summed E-state index contributed by atoms with van der Waals surface area (Å²) in [5.74, 6) is 1.94. The van der Waals surface area contributed by atoms with Crippen LogP contribution < -0.4 is 5.32 Å². The van der Waals surface area contributed by atoms with Crippen LogP contribution in [0.1, 0.15) is 15.9 Å². The van der Waals surface area contributed by atoms with Gasteiger partial charge in [-0.2, -0.15) is 4.31 Å². The molecular formula is C21H23N3O3S. The van der Waals surface area contributed by atoms with E-state index in [0.717, 1.165) is 6.54 Å². The Hall–Kier alpha value is -2.66. The molecule has 2 aromatic rings. The predicted octanol–water partition coefficient (Wildman–Crippen LogP) is 1.56. The molecule has 28 heavy (non-hydrogen) atoms. The molecule has 146 valence electrons. The number of carbonyl (C=O) groups is 1. The normalized spacial score (nSPS) is 15.7. The van der Waals surface area contributed by atoms with Crippen LogP contribution in [-0.2, 0) is 16.6 Å². The Bertz CT molecular complexity index is 960. The van der Waals surface area contributed by atoms with E-state index in [0.29, 0.717) is 26.2 Å². The highest BCUT2D eigenvalue weighted by atomic mass is 32.2. The molecule has 1 fully saturated rings. The van der Waals surface area contributed by atoms with Crippen molar-refractivity contribution in [1.82, 2.24) is 14.5 Å². The summed E-state index contributed by atoms with van der Waals surface area (Å²) in [4.78, 5) is 14.4. The van der Waals surface area contributed by atoms with Crippen molar-refractivity contribution in [2.75, 3.05) is 32.7 Å². The van der Waals surface area contributed by atoms with Gasteiger partial charge in [-0.05, 0) is 23.8 Å². The van der Waals surface area contributed by atoms with Crippen molar-refractivity contribution >= 4 is 15.9 Å². The number of carbonyl (C=O) groups excluding carboxylic acids is 1. The number of rotatable bonds is 6. The lowest BCUT2D eigenvalue weighted by atomic mass is 10.2. The van der Waals surface area contributed by atoms with Crippen LogP contribution in [0.2, 0.25) is 0 Å². The molecule has 0 aromatic heterocycles. The molecule has 0 bridgehead atoms. The molecule has 0 radical (unpaired) electrons. The van der Waals surface area contributed by atoms with E-state index in [-0.39, 0.29) is 22.9 Å². The van der Waals surface area contributed by atoms with Crippen molar-refractivity contribution in [3.63, 3.8) is 0 Å². The number of terminal acetylenes is 1. The Morgan fingerprint density at radius 3 is 2.43 bits per heavy atom. The summed E-state index contributed by atoms with van der Waals surface area (Å²) in [7, 11) is -3.65. The van der Waals surface area contributed by atoms with Gasteiger partial charge in [0.05, 0.1) is 11.4 Å². The minimum atomic E-state index is -3.65. The van der Waals surface area contributed by atoms with Gasteiger partial charge in [0.25, 0.3) is 5.91 Å². The number of nitrogens with one attached hydrogen (secondary N) is 1. The summed E-state index contributed by atoms with van der Waals surface area (Å²) in [6.45, 7) is 3.07. The molecule has 0 unspecified atom stereocenters. The van der Waals surface area contributed by atoms with Crippen LogP contribution in [0.15, 0.2) is 59.5 Å². The Labute approximate surface area is 166 Å². The van der Waals surface area contributed by atoms with Crippen LogP contribution in [0, 0.1) is 12.3 Å². The molecular weight excluding hydrogens is 374 g/mol. The van der Waals surface area contributed by atoms with Crippen LogP contribution in [-0.4, -0.2) is 56.3 Å². The van der Waals surface area contributed by atoms with Crippen molar-refractivity contribution < 1.29 is 13.2 Å². The van der Waals surface area contributed by atoms with Gasteiger partial charge in [0.2, 0.25) is 10.0 Å². The molecule has 1 N–H and O–H groups in total. The van der Waals surface area contributed by atoms with Crippen LogP contribution in [0.25, 0.3) is 0 Å². The van der Waals surface area contributed by atoms with Gasteiger partial charge in [-0.15, -0.1) is 6.42 Å². The topological polar surface area (TPSA) is 69.7 Å². The van der Waals surface area contributed by atoms with Gasteiger partial charge < -0.3 is 5.32 Å². The first kappa shape index (κ1) is 20.1. The lowest BCUT2D eigenvalue weighted by Gasteiger charge is -2.34. The van der Waals surface area contributed by atoms with Gasteiger partial charge in [-0.25, -0.2) is 8.42 Å². The van der Waals surface area contributed by atoms with Gasteiger partial charge in [0.15, 0.2) is 0 Å². The second-order valence-electron chi connectivity index (χ2n) is 6.58. The first-order chi connectivity index (χ1) is 13.5. The zero-order valence-corrected chi connectivity index (χ0v) is 16.4. The maximum Gasteiger partial charge on any atom is 0.252 e. The summed E-state index contributed by atoms with van der Waals surface area (Å²) in [5.41, 5.74) is 1.49. The minimum absolute atomic E-state index is 0.0964. The van der Waals surface area contributed by atoms with E-state index in [1.807, 2.05) is 18.2 Å². The molecule has 1 heterocycles. The summed E-state index contributed by atoms with van der Waals surface area (Å²) < 4.78 is 27.4. The summed E-state index contributed by atoms with van der Waals surface area (Å²) in [6, 6.07) is 16.2. The number of hydrogen-bond acceptors (Lipinski definition) is 4. The van der Waals surface area contributed by atoms with E-state index in [2.05, 4.69) is 28.3 Å². The monoisotopic (exact) mass is 397 g/mol. The fourth-order valence-corrected chi connectivity index (χ4v) is 4.62. The van der Waals surface area contributed by atoms with Gasteiger partial charge in [0.1, 0.15) is 0 Å². The molecule has 0 saturated carbocycles. The number of benzene rings is 2. The molecule has 1 saturated heterocycles. The molecule has 7 heteroatoms. The second kappa shape index (κ2) is 9.02. The Balaban J connectivity index is 1.66. The highest BCUT2D eigenvalue weighted by molar-refractivity contribution is 7.89. The van der Waals surface area contributed by atoms with Gasteiger partial charge in [0, 0.05) is 38.3 Å². The first-order valence-corrected chi connectivity index (χ1v) is 10.5. The number of nitrogens with zero attached hydrogens (tertiary/aromatic N) is 2. The van der Waals surface area contributed by atoms with Crippen LogP contribution in [0.3, 0.4) is 0 Å². The minimum Gasteiger partial charge on any atom is -0.341 e. The van der Waals surface area contributed by atoms with E-state index >= 15 is 0 Å². The van der Waals surface area contributed by atoms with Gasteiger partial charge in [-0.1, -0.05) is 42.3 Å². The third kappa shape index (κ3) is 4.78. The summed E-state index contributed by atoms with van der Waals surface area (Å²) in [6.07, 6.45) is 5.14. The van der Waals surface area contributed by atoms with Gasteiger partial charge in [-0.3, -0.25) is 9.69 Å². The smallest absolute Gasteiger partial charge is 0.252 e. The maximum absolute atomic E-state index is 13.0. The maximum atomic E-state index is 13.0. The SMILES string of the molecule is C#CCNC(=O)c1cccc(S(=O)(=O)N2CCN(Cc3ccccc3)CC2)c1. The Kier molecular flexibility index (Phi) is 6.47. The lowest BCUT2D eigenvalue weighted by Crippen LogP contribution is -2.48. The molecule has 2 aromatic carbocycles. The summed E-state index contributed by atoms with van der Waals surface area (Å²) in [5, 5.41) is 2.55. The second-order valence-corrected chi connectivity index (χ2v) is 8.52. The fourth-order valence-electron chi connectivity index (χ4n) is 3.15. The quantitative estimate of drug-likeness (QED) is 0.751. The molecule has 1 aliphatic rings. The van der Waals surface area contributed by atoms with Crippen molar-refractivity contribution in [3.05, 3.63) is 65.7 Å². The van der Waals surface area contributed by atoms with Crippen molar-refractivity contribution in [2.24, 2.45) is 0 Å². The molecule has 0 aliphatic carbocycles. The van der Waals surface area contributed by atoms with E-state index < -0.39 is 10.0 Å². The van der Waals surface area contributed by atoms with Gasteiger partial charge >= 0.3 is 0 Å². The van der Waals surface area contributed by atoms with Crippen molar-refractivity contribution in [3.8, 4) is 12.3 Å². The number of sulfonamides is 1. The highest BCUT2D eigenvalue weighted by Gasteiger charge is 2.28. The molecule has 3 rings (SSSR count). The van der Waals surface area contributed by atoms with E-state index in [1.54, 1.807) is 12.1 Å². The third-order valence-corrected chi connectivity index (χ3v) is 6.56. The molecule has 1 amide bonds. The van der Waals surface area contributed by atoms with E-state index in [1.165, 1.54) is 22.0 Å². The lowest BCUT2D eigenvalue weighted by molar-refractivity contribution is 0.0958. The van der Waals surface area contributed by atoms with E-state index in [4.69, 9.17) is 6.42 Å². The average molecular weight is 398 g/mol. The number of piperazine rings is 1. The Morgan fingerprint density at radius 2 is 1.75 bits per heavy atom. The standard InChI is InChI=1S/C21H23N3O3S/c1-2-11-22-21(25)19-9-6-10-20(16-19)28(26,27)24-14-12-23(13-15-24)17-18-7-4-3-5-8-18/h1,3-10,16H,11-15,17H2,(H,22,25). The molecule has 0 spiro atoms. The van der Waals surface area contributed by atoms with Crippen molar-refractivity contribution in [2.45, 2.75) is 11.4 Å². The fraction of sp³-hybridized carbons (Fsp3) is 0.286. The zero-order valence-electron chi connectivity index (χ0n) is 15.5. The molecule has 1 aliphatic heterocycles. The number of hydrogen-bond donors (Lipinski definition) is 1. The average Bonchev–Trinajstić information content (AvgIpc) is 2.73. The van der Waals surface area contributed by atoms with Crippen LogP contribution in [0.4, 0.5) is 0 Å². The Morgan fingerprint density at radius 1 is 1.04 bits per heavy atom. The van der Waals surface area contributed by atoms with Crippen molar-refractivity contribution in [1.29, 1.82) is 0 Å². The first-order valence-electron chi connectivity index (χ1n) is 9.09. The number of amides is 1. The van der Waals surface area contributed by atoms with Crippen LogP contribution >= 0.6 is 0 Å². The predicted molar refractivity (Wildman–Crippen MR) is 108 cm³/mol. The van der Waals surface area contributed by atoms with Crippen LogP contribution in [0.5, 0.6) is 0 Å². The largest absolute Gasteiger partial charge is 0.341 e. The zero-order chi connectivity index (χ0) is 20.0. The highest BCUT2D eigenvalue weighted by Crippen LogP contribution is 2.19. The summed E-state index contributed by atoms with van der Waals surface area (Å²) >= 11 is 0.